The first-order valence-corrected chi connectivity index (χ1v) is 7.13. The fraction of sp³-hybridized carbons (Fsp3) is 0.500. The van der Waals surface area contributed by atoms with Crippen LogP contribution in [0.25, 0.3) is 0 Å². The Morgan fingerprint density at radius 2 is 2.33 bits per heavy atom. The van der Waals surface area contributed by atoms with E-state index in [1.165, 1.54) is 10.5 Å². The van der Waals surface area contributed by atoms with E-state index in [9.17, 15) is 0 Å². The summed E-state index contributed by atoms with van der Waals surface area (Å²) in [5, 5.41) is 11.8. The fourth-order valence-corrected chi connectivity index (χ4v) is 2.43. The van der Waals surface area contributed by atoms with Crippen molar-refractivity contribution in [2.45, 2.75) is 24.3 Å². The van der Waals surface area contributed by atoms with Crippen molar-refractivity contribution in [3.8, 4) is 6.07 Å². The van der Waals surface area contributed by atoms with Gasteiger partial charge in [0.1, 0.15) is 0 Å². The van der Waals surface area contributed by atoms with Crippen molar-refractivity contribution in [1.82, 2.24) is 5.32 Å². The van der Waals surface area contributed by atoms with Crippen molar-refractivity contribution in [2.75, 3.05) is 26.0 Å². The van der Waals surface area contributed by atoms with Gasteiger partial charge in [-0.1, -0.05) is 12.1 Å². The first kappa shape index (κ1) is 15.0. The third-order valence-corrected chi connectivity index (χ3v) is 3.49. The van der Waals surface area contributed by atoms with Gasteiger partial charge in [0.15, 0.2) is 0 Å². The molecule has 0 spiro atoms. The van der Waals surface area contributed by atoms with Crippen LogP contribution in [-0.4, -0.2) is 26.0 Å². The van der Waals surface area contributed by atoms with Crippen molar-refractivity contribution in [2.24, 2.45) is 0 Å². The highest BCUT2D eigenvalue weighted by molar-refractivity contribution is 7.99. The van der Waals surface area contributed by atoms with Gasteiger partial charge in [0.05, 0.1) is 12.7 Å². The fourth-order valence-electron chi connectivity index (χ4n) is 1.49. The van der Waals surface area contributed by atoms with Crippen molar-refractivity contribution in [3.63, 3.8) is 0 Å². The molecule has 1 aromatic rings. The summed E-state index contributed by atoms with van der Waals surface area (Å²) in [6.45, 7) is 2.48. The van der Waals surface area contributed by atoms with E-state index in [2.05, 4.69) is 35.7 Å². The smallest absolute Gasteiger partial charge is 0.0622 e. The van der Waals surface area contributed by atoms with Gasteiger partial charge in [-0.25, -0.2) is 0 Å². The molecule has 0 aliphatic carbocycles. The highest BCUT2D eigenvalue weighted by Crippen LogP contribution is 2.20. The van der Waals surface area contributed by atoms with Crippen molar-refractivity contribution in [1.29, 1.82) is 5.26 Å². The van der Waals surface area contributed by atoms with Crippen LogP contribution in [0.5, 0.6) is 0 Å². The average molecular weight is 264 g/mol. The van der Waals surface area contributed by atoms with Crippen LogP contribution in [0.2, 0.25) is 0 Å². The maximum atomic E-state index is 8.47. The van der Waals surface area contributed by atoms with E-state index in [-0.39, 0.29) is 0 Å². The van der Waals surface area contributed by atoms with Gasteiger partial charge in [0, 0.05) is 31.5 Å². The van der Waals surface area contributed by atoms with Crippen LogP contribution in [0.1, 0.15) is 18.4 Å². The quantitative estimate of drug-likeness (QED) is 0.550. The summed E-state index contributed by atoms with van der Waals surface area (Å²) in [7, 11) is 1.71. The van der Waals surface area contributed by atoms with E-state index in [0.29, 0.717) is 6.42 Å². The van der Waals surface area contributed by atoms with E-state index < -0.39 is 0 Å². The zero-order valence-corrected chi connectivity index (χ0v) is 11.6. The molecule has 0 bridgehead atoms. The summed E-state index contributed by atoms with van der Waals surface area (Å²) >= 11 is 1.81. The van der Waals surface area contributed by atoms with Crippen LogP contribution in [-0.2, 0) is 11.3 Å². The van der Waals surface area contributed by atoms with Gasteiger partial charge in [-0.3, -0.25) is 0 Å². The van der Waals surface area contributed by atoms with E-state index in [1.807, 2.05) is 11.8 Å². The largest absolute Gasteiger partial charge is 0.383 e. The van der Waals surface area contributed by atoms with Gasteiger partial charge in [-0.15, -0.1) is 11.8 Å². The third-order valence-electron chi connectivity index (χ3n) is 2.41. The molecule has 3 nitrogen and oxygen atoms in total. The SMILES string of the molecule is COCCNCc1cccc(SCCCC#N)c1. The number of thioether (sulfide) groups is 1. The summed E-state index contributed by atoms with van der Waals surface area (Å²) in [5.74, 6) is 1.01. The van der Waals surface area contributed by atoms with Gasteiger partial charge in [0.2, 0.25) is 0 Å². The Balaban J connectivity index is 2.30. The van der Waals surface area contributed by atoms with Crippen LogP contribution < -0.4 is 5.32 Å². The van der Waals surface area contributed by atoms with E-state index >= 15 is 0 Å². The minimum Gasteiger partial charge on any atom is -0.383 e. The van der Waals surface area contributed by atoms with Gasteiger partial charge in [0.25, 0.3) is 0 Å². The molecule has 0 atom stereocenters. The number of unbranched alkanes of at least 4 members (excludes halogenated alkanes) is 1. The molecule has 0 amide bonds. The van der Waals surface area contributed by atoms with Gasteiger partial charge in [-0.2, -0.15) is 5.26 Å². The average Bonchev–Trinajstić information content (AvgIpc) is 2.40. The Morgan fingerprint density at radius 1 is 1.44 bits per heavy atom. The number of ether oxygens (including phenoxy) is 1. The highest BCUT2D eigenvalue weighted by Gasteiger charge is 1.97. The van der Waals surface area contributed by atoms with Crippen LogP contribution in [0.3, 0.4) is 0 Å². The molecule has 1 aromatic carbocycles. The molecule has 0 saturated carbocycles. The second-order valence-electron chi connectivity index (χ2n) is 3.93. The molecule has 0 unspecified atom stereocenters. The Morgan fingerprint density at radius 3 is 3.11 bits per heavy atom. The standard InChI is InChI=1S/C14H20N2OS/c1-17-9-8-16-12-13-5-4-6-14(11-13)18-10-3-2-7-15/h4-6,11,16H,2-3,8-10,12H2,1H3. The second-order valence-corrected chi connectivity index (χ2v) is 5.10. The van der Waals surface area contributed by atoms with Crippen LogP contribution >= 0.6 is 11.8 Å². The summed E-state index contributed by atoms with van der Waals surface area (Å²) in [5.41, 5.74) is 1.29. The van der Waals surface area contributed by atoms with Crippen LogP contribution in [0.15, 0.2) is 29.2 Å². The zero-order valence-electron chi connectivity index (χ0n) is 10.8. The lowest BCUT2D eigenvalue weighted by atomic mass is 10.2. The maximum absolute atomic E-state index is 8.47. The number of benzene rings is 1. The minimum absolute atomic E-state index is 0.644. The van der Waals surface area contributed by atoms with Crippen LogP contribution in [0.4, 0.5) is 0 Å². The molecule has 4 heteroatoms. The van der Waals surface area contributed by atoms with Gasteiger partial charge in [-0.05, 0) is 29.9 Å². The Hall–Kier alpha value is -1.02. The van der Waals surface area contributed by atoms with E-state index in [1.54, 1.807) is 7.11 Å². The zero-order chi connectivity index (χ0) is 13.1. The molecular formula is C14H20N2OS. The predicted octanol–water partition coefficient (Wildman–Crippen LogP) is 2.82. The summed E-state index contributed by atoms with van der Waals surface area (Å²) < 4.78 is 4.99. The molecule has 0 heterocycles. The molecule has 1 rings (SSSR count). The van der Waals surface area contributed by atoms with Gasteiger partial charge < -0.3 is 10.1 Å². The lowest BCUT2D eigenvalue weighted by Gasteiger charge is -2.06. The molecule has 0 radical (unpaired) electrons. The Labute approximate surface area is 114 Å². The molecular weight excluding hydrogens is 244 g/mol. The van der Waals surface area contributed by atoms with Crippen molar-refractivity contribution >= 4 is 11.8 Å². The Kier molecular flexibility index (Phi) is 8.32. The predicted molar refractivity (Wildman–Crippen MR) is 75.6 cm³/mol. The molecule has 0 fully saturated rings. The first-order valence-electron chi connectivity index (χ1n) is 6.15. The third kappa shape index (κ3) is 6.65. The topological polar surface area (TPSA) is 45.0 Å². The molecule has 98 valence electrons. The Bertz CT molecular complexity index is 376. The molecule has 0 aromatic heterocycles. The van der Waals surface area contributed by atoms with E-state index in [4.69, 9.17) is 10.00 Å². The number of hydrogen-bond acceptors (Lipinski definition) is 4. The van der Waals surface area contributed by atoms with E-state index in [0.717, 1.165) is 31.9 Å². The number of nitrogens with zero attached hydrogens (tertiary/aromatic N) is 1. The molecule has 0 saturated heterocycles. The minimum atomic E-state index is 0.644. The molecule has 18 heavy (non-hydrogen) atoms. The van der Waals surface area contributed by atoms with Gasteiger partial charge >= 0.3 is 0 Å². The highest BCUT2D eigenvalue weighted by atomic mass is 32.2. The number of nitriles is 1. The molecule has 0 aliphatic rings. The molecule has 1 N–H and O–H groups in total. The second kappa shape index (κ2) is 9.95. The number of hydrogen-bond donors (Lipinski definition) is 1. The maximum Gasteiger partial charge on any atom is 0.0622 e. The van der Waals surface area contributed by atoms with Crippen LogP contribution in [0, 0.1) is 11.3 Å². The molecule has 0 aliphatic heterocycles. The number of rotatable bonds is 9. The lowest BCUT2D eigenvalue weighted by molar-refractivity contribution is 0.199. The lowest BCUT2D eigenvalue weighted by Crippen LogP contribution is -2.18. The number of nitrogens with one attached hydrogen (secondary N) is 1. The van der Waals surface area contributed by atoms with Crippen molar-refractivity contribution < 1.29 is 4.74 Å². The monoisotopic (exact) mass is 264 g/mol. The summed E-state index contributed by atoms with van der Waals surface area (Å²) in [6, 6.07) is 10.7. The number of methoxy groups -OCH3 is 1. The normalized spacial score (nSPS) is 10.2. The van der Waals surface area contributed by atoms with Crippen molar-refractivity contribution in [3.05, 3.63) is 29.8 Å². The first-order chi connectivity index (χ1) is 8.86. The summed E-state index contributed by atoms with van der Waals surface area (Å²) in [4.78, 5) is 1.28. The summed E-state index contributed by atoms with van der Waals surface area (Å²) in [6.07, 6.45) is 1.60.